The molecule has 0 spiro atoms. The first kappa shape index (κ1) is 14.9. The van der Waals surface area contributed by atoms with Gasteiger partial charge in [0.05, 0.1) is 11.0 Å². The second-order valence-electron chi connectivity index (χ2n) is 7.54. The summed E-state index contributed by atoms with van der Waals surface area (Å²) in [6.45, 7) is 0. The van der Waals surface area contributed by atoms with Crippen molar-refractivity contribution in [3.8, 4) is 0 Å². The number of rotatable bonds is 2. The lowest BCUT2D eigenvalue weighted by Gasteiger charge is -2.59. The zero-order chi connectivity index (χ0) is 16.1. The van der Waals surface area contributed by atoms with Gasteiger partial charge in [-0.05, 0) is 62.5 Å². The third-order valence-corrected chi connectivity index (χ3v) is 6.13. The second-order valence-corrected chi connectivity index (χ2v) is 8.34. The maximum absolute atomic E-state index is 12.8. The maximum Gasteiger partial charge on any atom is 0.271 e. The zero-order valence-electron chi connectivity index (χ0n) is 12.8. The van der Waals surface area contributed by atoms with Gasteiger partial charge in [0.25, 0.3) is 5.91 Å². The molecule has 0 aliphatic heterocycles. The Morgan fingerprint density at radius 1 is 1.17 bits per heavy atom. The predicted octanol–water partition coefficient (Wildman–Crippen LogP) is 2.42. The first-order valence-electron chi connectivity index (χ1n) is 8.18. The number of hydrogen-bond acceptors (Lipinski definition) is 3. The molecule has 2 N–H and O–H groups in total. The Balaban J connectivity index is 1.44. The van der Waals surface area contributed by atoms with Gasteiger partial charge >= 0.3 is 0 Å². The van der Waals surface area contributed by atoms with Crippen molar-refractivity contribution in [2.24, 2.45) is 17.3 Å². The number of halogens is 1. The van der Waals surface area contributed by atoms with E-state index in [0.29, 0.717) is 17.4 Å². The van der Waals surface area contributed by atoms with Gasteiger partial charge in [-0.3, -0.25) is 25.4 Å². The minimum atomic E-state index is -0.409. The number of nitrogens with zero attached hydrogens (tertiary/aromatic N) is 1. The minimum absolute atomic E-state index is 0.0890. The Bertz CT molecular complexity index is 634. The van der Waals surface area contributed by atoms with Crippen LogP contribution in [-0.4, -0.2) is 21.7 Å². The Morgan fingerprint density at radius 2 is 1.91 bits per heavy atom. The van der Waals surface area contributed by atoms with Crippen molar-refractivity contribution in [1.82, 2.24) is 15.8 Å². The lowest BCUT2D eigenvalue weighted by molar-refractivity contribution is -0.145. The number of hydrogen-bond donors (Lipinski definition) is 2. The van der Waals surface area contributed by atoms with Crippen molar-refractivity contribution < 1.29 is 9.59 Å². The van der Waals surface area contributed by atoms with Crippen molar-refractivity contribution in [2.75, 3.05) is 0 Å². The van der Waals surface area contributed by atoms with Crippen LogP contribution in [0.5, 0.6) is 0 Å². The quantitative estimate of drug-likeness (QED) is 0.645. The fourth-order valence-electron chi connectivity index (χ4n) is 5.23. The van der Waals surface area contributed by atoms with E-state index in [1.807, 2.05) is 0 Å². The number of hydrazine groups is 1. The van der Waals surface area contributed by atoms with E-state index in [-0.39, 0.29) is 16.7 Å². The van der Waals surface area contributed by atoms with E-state index in [1.54, 1.807) is 18.3 Å². The SMILES string of the molecule is O=C(NNC(=O)C12C[C@@H]3C[C@@H](CC(Cl)(C3)C1)C2)c1cccnc1. The van der Waals surface area contributed by atoms with Crippen LogP contribution in [0.3, 0.4) is 0 Å². The van der Waals surface area contributed by atoms with Gasteiger partial charge in [-0.15, -0.1) is 11.6 Å². The van der Waals surface area contributed by atoms with Gasteiger partial charge in [-0.25, -0.2) is 0 Å². The molecular weight excluding hydrogens is 314 g/mol. The van der Waals surface area contributed by atoms with Crippen LogP contribution in [0.4, 0.5) is 0 Å². The summed E-state index contributed by atoms with van der Waals surface area (Å²) >= 11 is 6.75. The average Bonchev–Trinajstić information content (AvgIpc) is 2.50. The molecule has 0 saturated heterocycles. The van der Waals surface area contributed by atoms with Crippen LogP contribution in [0.15, 0.2) is 24.5 Å². The van der Waals surface area contributed by atoms with Gasteiger partial charge in [0.1, 0.15) is 0 Å². The molecular formula is C17H20ClN3O2. The molecule has 4 aliphatic rings. The third kappa shape index (κ3) is 2.61. The summed E-state index contributed by atoms with van der Waals surface area (Å²) in [5.74, 6) is 0.660. The van der Waals surface area contributed by atoms with Crippen molar-refractivity contribution in [3.63, 3.8) is 0 Å². The molecule has 4 atom stereocenters. The fraction of sp³-hybridized carbons (Fsp3) is 0.588. The second kappa shape index (κ2) is 5.20. The molecule has 5 rings (SSSR count). The molecule has 4 bridgehead atoms. The van der Waals surface area contributed by atoms with Gasteiger partial charge in [0.2, 0.25) is 5.91 Å². The highest BCUT2D eigenvalue weighted by atomic mass is 35.5. The van der Waals surface area contributed by atoms with Gasteiger partial charge in [0, 0.05) is 17.3 Å². The van der Waals surface area contributed by atoms with Gasteiger partial charge in [0.15, 0.2) is 0 Å². The summed E-state index contributed by atoms with van der Waals surface area (Å²) in [5.41, 5.74) is 5.16. The molecule has 4 aliphatic carbocycles. The lowest BCUT2D eigenvalue weighted by atomic mass is 9.49. The topological polar surface area (TPSA) is 71.1 Å². The highest BCUT2D eigenvalue weighted by Crippen LogP contribution is 2.63. The smallest absolute Gasteiger partial charge is 0.271 e. The molecule has 4 saturated carbocycles. The largest absolute Gasteiger partial charge is 0.273 e. The normalized spacial score (nSPS) is 37.4. The Morgan fingerprint density at radius 3 is 2.52 bits per heavy atom. The van der Waals surface area contributed by atoms with Crippen LogP contribution in [0.2, 0.25) is 0 Å². The van der Waals surface area contributed by atoms with Gasteiger partial charge < -0.3 is 0 Å². The first-order valence-corrected chi connectivity index (χ1v) is 8.56. The van der Waals surface area contributed by atoms with Gasteiger partial charge in [-0.1, -0.05) is 0 Å². The fourth-order valence-corrected chi connectivity index (χ4v) is 5.92. The highest BCUT2D eigenvalue weighted by molar-refractivity contribution is 6.24. The molecule has 1 heterocycles. The number of nitrogens with one attached hydrogen (secondary N) is 2. The number of pyridine rings is 1. The van der Waals surface area contributed by atoms with Gasteiger partial charge in [-0.2, -0.15) is 0 Å². The van der Waals surface area contributed by atoms with E-state index >= 15 is 0 Å². The summed E-state index contributed by atoms with van der Waals surface area (Å²) in [6.07, 6.45) is 8.85. The van der Waals surface area contributed by atoms with Crippen molar-refractivity contribution in [1.29, 1.82) is 0 Å². The Labute approximate surface area is 140 Å². The van der Waals surface area contributed by atoms with Crippen molar-refractivity contribution in [2.45, 2.75) is 43.4 Å². The predicted molar refractivity (Wildman–Crippen MR) is 85.5 cm³/mol. The number of aromatic nitrogens is 1. The molecule has 23 heavy (non-hydrogen) atoms. The molecule has 1 aromatic heterocycles. The summed E-state index contributed by atoms with van der Waals surface area (Å²) in [5, 5.41) is 0. The Kier molecular flexibility index (Phi) is 3.38. The monoisotopic (exact) mass is 333 g/mol. The van der Waals surface area contributed by atoms with E-state index < -0.39 is 5.41 Å². The van der Waals surface area contributed by atoms with Crippen LogP contribution >= 0.6 is 11.6 Å². The molecule has 2 unspecified atom stereocenters. The zero-order valence-corrected chi connectivity index (χ0v) is 13.6. The molecule has 2 amide bonds. The van der Waals surface area contributed by atoms with Crippen LogP contribution in [0.25, 0.3) is 0 Å². The average molecular weight is 334 g/mol. The number of carbonyl (C=O) groups excluding carboxylic acids is 2. The minimum Gasteiger partial charge on any atom is -0.273 e. The molecule has 0 radical (unpaired) electrons. The first-order chi connectivity index (χ1) is 11.0. The summed E-state index contributed by atoms with van der Waals surface area (Å²) in [6, 6.07) is 3.35. The summed E-state index contributed by atoms with van der Waals surface area (Å²) in [7, 11) is 0. The van der Waals surface area contributed by atoms with Crippen LogP contribution in [-0.2, 0) is 4.79 Å². The van der Waals surface area contributed by atoms with Crippen LogP contribution < -0.4 is 10.9 Å². The molecule has 1 aromatic rings. The summed E-state index contributed by atoms with van der Waals surface area (Å²) < 4.78 is 0. The van der Waals surface area contributed by atoms with Crippen molar-refractivity contribution in [3.05, 3.63) is 30.1 Å². The molecule has 6 heteroatoms. The number of alkyl halides is 1. The van der Waals surface area contributed by atoms with E-state index in [0.717, 1.165) is 32.1 Å². The van der Waals surface area contributed by atoms with E-state index in [9.17, 15) is 9.59 Å². The lowest BCUT2D eigenvalue weighted by Crippen LogP contribution is -2.60. The standard InChI is InChI=1S/C17H20ClN3O2/c18-17-7-11-4-12(8-17)6-16(5-11,10-17)15(23)21-20-14(22)13-2-1-3-19-9-13/h1-3,9,11-12H,4-8,10H2,(H,20,22)(H,21,23)/t11-,12+,16?,17?. The highest BCUT2D eigenvalue weighted by Gasteiger charge is 2.60. The summed E-state index contributed by atoms with van der Waals surface area (Å²) in [4.78, 5) is 28.5. The molecule has 0 aromatic carbocycles. The van der Waals surface area contributed by atoms with Crippen LogP contribution in [0, 0.1) is 17.3 Å². The molecule has 4 fully saturated rings. The van der Waals surface area contributed by atoms with E-state index in [4.69, 9.17) is 11.6 Å². The van der Waals surface area contributed by atoms with Crippen molar-refractivity contribution >= 4 is 23.4 Å². The Hall–Kier alpha value is -1.62. The number of carbonyl (C=O) groups is 2. The maximum atomic E-state index is 12.8. The molecule has 122 valence electrons. The van der Waals surface area contributed by atoms with E-state index in [2.05, 4.69) is 15.8 Å². The third-order valence-electron chi connectivity index (χ3n) is 5.68. The van der Waals surface area contributed by atoms with Crippen LogP contribution in [0.1, 0.15) is 48.9 Å². The van der Waals surface area contributed by atoms with E-state index in [1.165, 1.54) is 12.6 Å². The molecule has 5 nitrogen and oxygen atoms in total. The number of amides is 2.